The Bertz CT molecular complexity index is 535. The van der Waals surface area contributed by atoms with Crippen LogP contribution >= 0.6 is 36.4 Å². The number of rotatable bonds is 5. The second kappa shape index (κ2) is 12.0. The molecule has 0 bridgehead atoms. The molecule has 148 valence electrons. The summed E-state index contributed by atoms with van der Waals surface area (Å²) >= 11 is 5.95. The summed E-state index contributed by atoms with van der Waals surface area (Å²) in [7, 11) is 0. The van der Waals surface area contributed by atoms with E-state index in [2.05, 4.69) is 27.2 Å². The summed E-state index contributed by atoms with van der Waals surface area (Å²) in [5.74, 6) is 1.04. The van der Waals surface area contributed by atoms with Gasteiger partial charge in [-0.2, -0.15) is 0 Å². The molecular weight excluding hydrogens is 393 g/mol. The van der Waals surface area contributed by atoms with E-state index in [-0.39, 0.29) is 24.8 Å². The zero-order valence-electron chi connectivity index (χ0n) is 15.2. The van der Waals surface area contributed by atoms with Gasteiger partial charge in [-0.1, -0.05) is 23.7 Å². The maximum Gasteiger partial charge on any atom is 0.222 e. The normalized spacial score (nSPS) is 20.8. The first-order valence-electron chi connectivity index (χ1n) is 9.16. The van der Waals surface area contributed by atoms with Crippen LogP contribution in [0.3, 0.4) is 0 Å². The SMILES string of the molecule is Cl.Cl.O=C(CCC1CCNC1)N1CCCN(Cc2ccc(Cl)cc2)CC1. The quantitative estimate of drug-likeness (QED) is 0.787. The maximum absolute atomic E-state index is 12.5. The first-order chi connectivity index (χ1) is 11.7. The highest BCUT2D eigenvalue weighted by atomic mass is 35.5. The molecule has 0 aromatic heterocycles. The molecule has 0 saturated carbocycles. The average molecular weight is 423 g/mol. The van der Waals surface area contributed by atoms with Crippen molar-refractivity contribution in [2.24, 2.45) is 5.92 Å². The van der Waals surface area contributed by atoms with Crippen molar-refractivity contribution < 1.29 is 4.79 Å². The largest absolute Gasteiger partial charge is 0.341 e. The highest BCUT2D eigenvalue weighted by Crippen LogP contribution is 2.17. The van der Waals surface area contributed by atoms with Gasteiger partial charge in [0, 0.05) is 44.2 Å². The van der Waals surface area contributed by atoms with Gasteiger partial charge in [-0.15, -0.1) is 24.8 Å². The lowest BCUT2D eigenvalue weighted by atomic mass is 10.0. The molecule has 7 heteroatoms. The molecule has 1 N–H and O–H groups in total. The second-order valence-corrected chi connectivity index (χ2v) is 7.47. The molecule has 1 amide bonds. The van der Waals surface area contributed by atoms with Crippen molar-refractivity contribution in [3.63, 3.8) is 0 Å². The predicted octanol–water partition coefficient (Wildman–Crippen LogP) is 3.61. The summed E-state index contributed by atoms with van der Waals surface area (Å²) in [6, 6.07) is 8.07. The molecule has 2 aliphatic rings. The number of halogens is 3. The van der Waals surface area contributed by atoms with Crippen LogP contribution in [0, 0.1) is 5.92 Å². The number of nitrogens with one attached hydrogen (secondary N) is 1. The van der Waals surface area contributed by atoms with Crippen molar-refractivity contribution in [3.8, 4) is 0 Å². The van der Waals surface area contributed by atoms with Crippen LogP contribution in [0.1, 0.15) is 31.2 Å². The number of carbonyl (C=O) groups is 1. The van der Waals surface area contributed by atoms with Crippen LogP contribution in [0.2, 0.25) is 5.02 Å². The van der Waals surface area contributed by atoms with E-state index in [0.29, 0.717) is 18.2 Å². The van der Waals surface area contributed by atoms with Gasteiger partial charge in [-0.05, 0) is 56.0 Å². The summed E-state index contributed by atoms with van der Waals surface area (Å²) in [6.07, 6.45) is 4.03. The van der Waals surface area contributed by atoms with E-state index in [1.54, 1.807) is 0 Å². The van der Waals surface area contributed by atoms with E-state index in [9.17, 15) is 4.79 Å². The van der Waals surface area contributed by atoms with Crippen LogP contribution < -0.4 is 5.32 Å². The molecule has 26 heavy (non-hydrogen) atoms. The maximum atomic E-state index is 12.5. The molecule has 0 spiro atoms. The van der Waals surface area contributed by atoms with E-state index in [0.717, 1.165) is 63.7 Å². The van der Waals surface area contributed by atoms with Crippen molar-refractivity contribution in [3.05, 3.63) is 34.9 Å². The van der Waals surface area contributed by atoms with E-state index in [4.69, 9.17) is 11.6 Å². The Hall–Kier alpha value is -0.520. The van der Waals surface area contributed by atoms with Crippen molar-refractivity contribution in [1.82, 2.24) is 15.1 Å². The van der Waals surface area contributed by atoms with Crippen molar-refractivity contribution in [2.75, 3.05) is 39.3 Å². The molecule has 1 unspecified atom stereocenters. The monoisotopic (exact) mass is 421 g/mol. The Kier molecular flexibility index (Phi) is 10.9. The molecule has 1 aromatic carbocycles. The predicted molar refractivity (Wildman–Crippen MR) is 113 cm³/mol. The summed E-state index contributed by atoms with van der Waals surface area (Å²) in [5.41, 5.74) is 1.29. The smallest absolute Gasteiger partial charge is 0.222 e. The van der Waals surface area contributed by atoms with Crippen LogP contribution in [0.5, 0.6) is 0 Å². The molecule has 2 saturated heterocycles. The molecule has 2 fully saturated rings. The third kappa shape index (κ3) is 7.24. The van der Waals surface area contributed by atoms with Gasteiger partial charge in [-0.3, -0.25) is 9.69 Å². The molecule has 0 aliphatic carbocycles. The Morgan fingerprint density at radius 2 is 1.88 bits per heavy atom. The zero-order valence-corrected chi connectivity index (χ0v) is 17.6. The van der Waals surface area contributed by atoms with E-state index in [1.165, 1.54) is 12.0 Å². The Balaban J connectivity index is 0.00000169. The van der Waals surface area contributed by atoms with Gasteiger partial charge in [0.2, 0.25) is 5.91 Å². The molecular formula is C19H30Cl3N3O. The fourth-order valence-electron chi connectivity index (χ4n) is 3.67. The summed E-state index contributed by atoms with van der Waals surface area (Å²) in [5, 5.41) is 4.16. The summed E-state index contributed by atoms with van der Waals surface area (Å²) in [4.78, 5) is 17.0. The van der Waals surface area contributed by atoms with Crippen molar-refractivity contribution in [1.29, 1.82) is 0 Å². The van der Waals surface area contributed by atoms with E-state index in [1.807, 2.05) is 12.1 Å². The van der Waals surface area contributed by atoms with Crippen molar-refractivity contribution >= 4 is 42.3 Å². The molecule has 4 nitrogen and oxygen atoms in total. The minimum atomic E-state index is 0. The van der Waals surface area contributed by atoms with Gasteiger partial charge in [0.05, 0.1) is 0 Å². The van der Waals surface area contributed by atoms with Crippen LogP contribution in [-0.2, 0) is 11.3 Å². The van der Waals surface area contributed by atoms with Gasteiger partial charge in [0.25, 0.3) is 0 Å². The Morgan fingerprint density at radius 3 is 2.58 bits per heavy atom. The minimum absolute atomic E-state index is 0. The summed E-state index contributed by atoms with van der Waals surface area (Å²) in [6.45, 7) is 6.91. The van der Waals surface area contributed by atoms with Gasteiger partial charge in [0.15, 0.2) is 0 Å². The van der Waals surface area contributed by atoms with Gasteiger partial charge >= 0.3 is 0 Å². The van der Waals surface area contributed by atoms with Gasteiger partial charge in [0.1, 0.15) is 0 Å². The molecule has 2 heterocycles. The van der Waals surface area contributed by atoms with Gasteiger partial charge in [-0.25, -0.2) is 0 Å². The summed E-state index contributed by atoms with van der Waals surface area (Å²) < 4.78 is 0. The number of carbonyl (C=O) groups excluding carboxylic acids is 1. The standard InChI is InChI=1S/C19H28ClN3O.2ClH/c20-18-5-2-17(3-6-18)15-22-10-1-11-23(13-12-22)19(24)7-4-16-8-9-21-14-16;;/h2-3,5-6,16,21H,1,4,7-15H2;2*1H. The fourth-order valence-corrected chi connectivity index (χ4v) is 3.80. The molecule has 3 rings (SSSR count). The lowest BCUT2D eigenvalue weighted by molar-refractivity contribution is -0.131. The highest BCUT2D eigenvalue weighted by Gasteiger charge is 2.21. The Morgan fingerprint density at radius 1 is 1.12 bits per heavy atom. The zero-order chi connectivity index (χ0) is 16.8. The number of hydrogen-bond donors (Lipinski definition) is 1. The average Bonchev–Trinajstić information content (AvgIpc) is 3.00. The first kappa shape index (κ1) is 23.5. The van der Waals surface area contributed by atoms with E-state index >= 15 is 0 Å². The molecule has 0 radical (unpaired) electrons. The molecule has 1 aromatic rings. The first-order valence-corrected chi connectivity index (χ1v) is 9.54. The van der Waals surface area contributed by atoms with Crippen LogP contribution in [0.25, 0.3) is 0 Å². The highest BCUT2D eigenvalue weighted by molar-refractivity contribution is 6.30. The number of nitrogens with zero attached hydrogens (tertiary/aromatic N) is 2. The number of amides is 1. The van der Waals surface area contributed by atoms with Crippen molar-refractivity contribution in [2.45, 2.75) is 32.2 Å². The van der Waals surface area contributed by atoms with Gasteiger partial charge < -0.3 is 10.2 Å². The number of benzene rings is 1. The fraction of sp³-hybridized carbons (Fsp3) is 0.632. The second-order valence-electron chi connectivity index (χ2n) is 7.03. The minimum Gasteiger partial charge on any atom is -0.341 e. The van der Waals surface area contributed by atoms with Crippen LogP contribution in [0.15, 0.2) is 24.3 Å². The van der Waals surface area contributed by atoms with E-state index < -0.39 is 0 Å². The Labute approximate surface area is 174 Å². The van der Waals surface area contributed by atoms with Crippen LogP contribution in [-0.4, -0.2) is 55.0 Å². The molecule has 1 atom stereocenters. The lowest BCUT2D eigenvalue weighted by Gasteiger charge is -2.22. The third-order valence-electron chi connectivity index (χ3n) is 5.19. The topological polar surface area (TPSA) is 35.6 Å². The van der Waals surface area contributed by atoms with Crippen LogP contribution in [0.4, 0.5) is 0 Å². The number of hydrogen-bond acceptors (Lipinski definition) is 3. The molecule has 2 aliphatic heterocycles. The third-order valence-corrected chi connectivity index (χ3v) is 5.44. The lowest BCUT2D eigenvalue weighted by Crippen LogP contribution is -2.35.